The second kappa shape index (κ2) is 7.41. The Hall–Kier alpha value is -2.73. The quantitative estimate of drug-likeness (QED) is 0.538. The molecule has 2 aromatic carbocycles. The summed E-state index contributed by atoms with van der Waals surface area (Å²) in [4.78, 5) is 30.0. The first-order chi connectivity index (χ1) is 15.4. The van der Waals surface area contributed by atoms with Crippen LogP contribution < -0.4 is 10.6 Å². The zero-order chi connectivity index (χ0) is 21.9. The van der Waals surface area contributed by atoms with Crippen molar-refractivity contribution in [2.24, 2.45) is 17.8 Å². The van der Waals surface area contributed by atoms with Gasteiger partial charge in [-0.3, -0.25) is 9.59 Å². The first kappa shape index (κ1) is 19.9. The molecule has 0 atom stereocenters. The zero-order valence-corrected chi connectivity index (χ0v) is 19.0. The number of hydrogen-bond acceptors (Lipinski definition) is 4. The summed E-state index contributed by atoms with van der Waals surface area (Å²) in [5.74, 6) is 1.09. The molecule has 0 saturated heterocycles. The molecule has 4 saturated carbocycles. The Morgan fingerprint density at radius 3 is 2.25 bits per heavy atom. The van der Waals surface area contributed by atoms with Crippen LogP contribution in [-0.2, 0) is 9.59 Å². The Labute approximate surface area is 191 Å². The molecule has 5 nitrogen and oxygen atoms in total. The number of benzene rings is 2. The van der Waals surface area contributed by atoms with Gasteiger partial charge in [-0.05, 0) is 105 Å². The maximum absolute atomic E-state index is 12.7. The summed E-state index contributed by atoms with van der Waals surface area (Å²) in [5.41, 5.74) is 3.68. The van der Waals surface area contributed by atoms with E-state index in [0.717, 1.165) is 53.1 Å². The number of nitrogens with zero attached hydrogens (tertiary/aromatic N) is 1. The fourth-order valence-corrected chi connectivity index (χ4v) is 7.67. The maximum atomic E-state index is 12.7. The molecule has 6 heteroatoms. The van der Waals surface area contributed by atoms with Gasteiger partial charge in [-0.25, -0.2) is 4.98 Å². The molecule has 7 rings (SSSR count). The van der Waals surface area contributed by atoms with Crippen molar-refractivity contribution >= 4 is 39.1 Å². The molecule has 1 aromatic heterocycles. The van der Waals surface area contributed by atoms with Crippen LogP contribution in [0.25, 0.3) is 20.8 Å². The number of amides is 2. The van der Waals surface area contributed by atoms with Crippen LogP contribution in [0.3, 0.4) is 0 Å². The number of carbonyl (C=O) groups excluding carboxylic acids is 2. The lowest BCUT2D eigenvalue weighted by Crippen LogP contribution is -2.61. The van der Waals surface area contributed by atoms with Gasteiger partial charge in [0.15, 0.2) is 0 Å². The lowest BCUT2D eigenvalue weighted by Gasteiger charge is -2.56. The topological polar surface area (TPSA) is 71.1 Å². The zero-order valence-electron chi connectivity index (χ0n) is 18.2. The Balaban J connectivity index is 1.12. The normalized spacial score (nSPS) is 28.1. The predicted molar refractivity (Wildman–Crippen MR) is 127 cm³/mol. The SMILES string of the molecule is Cc1ccc2nc(-c3ccc(NC(=O)C(=O)NC45CC6CC(CC(C6)C4)C5)cc3)sc2c1. The van der Waals surface area contributed by atoms with Crippen LogP contribution in [0.15, 0.2) is 42.5 Å². The van der Waals surface area contributed by atoms with Gasteiger partial charge in [0.2, 0.25) is 0 Å². The molecule has 4 bridgehead atoms. The molecule has 4 aliphatic carbocycles. The summed E-state index contributed by atoms with van der Waals surface area (Å²) in [6.45, 7) is 2.08. The summed E-state index contributed by atoms with van der Waals surface area (Å²) >= 11 is 1.66. The number of rotatable bonds is 3. The van der Waals surface area contributed by atoms with Crippen molar-refractivity contribution in [3.63, 3.8) is 0 Å². The van der Waals surface area contributed by atoms with E-state index in [2.05, 4.69) is 29.7 Å². The van der Waals surface area contributed by atoms with Crippen LogP contribution in [-0.4, -0.2) is 22.3 Å². The van der Waals surface area contributed by atoms with Crippen molar-refractivity contribution in [3.8, 4) is 10.6 Å². The van der Waals surface area contributed by atoms with Crippen molar-refractivity contribution in [1.29, 1.82) is 0 Å². The Bertz CT molecular complexity index is 1180. The third-order valence-corrected chi connectivity index (χ3v) is 8.62. The van der Waals surface area contributed by atoms with Crippen molar-refractivity contribution in [1.82, 2.24) is 10.3 Å². The van der Waals surface area contributed by atoms with Gasteiger partial charge in [-0.15, -0.1) is 11.3 Å². The highest BCUT2D eigenvalue weighted by Gasteiger charge is 2.51. The van der Waals surface area contributed by atoms with Gasteiger partial charge in [0.05, 0.1) is 10.2 Å². The van der Waals surface area contributed by atoms with E-state index < -0.39 is 11.8 Å². The molecule has 4 aliphatic rings. The highest BCUT2D eigenvalue weighted by atomic mass is 32.1. The standard InChI is InChI=1S/C26H27N3O2S/c1-15-2-7-21-22(8-15)32-25(28-21)19-3-5-20(6-4-19)27-23(30)24(31)29-26-12-16-9-17(13-26)11-18(10-16)14-26/h2-8,16-18H,9-14H2,1H3,(H,27,30)(H,29,31). The Morgan fingerprint density at radius 1 is 0.938 bits per heavy atom. The number of aryl methyl sites for hydroxylation is 1. The Kier molecular flexibility index (Phi) is 4.61. The molecule has 0 aliphatic heterocycles. The van der Waals surface area contributed by atoms with Crippen molar-refractivity contribution < 1.29 is 9.59 Å². The molecule has 2 amide bonds. The number of thiazole rings is 1. The van der Waals surface area contributed by atoms with E-state index in [-0.39, 0.29) is 5.54 Å². The highest BCUT2D eigenvalue weighted by Crippen LogP contribution is 2.55. The smallest absolute Gasteiger partial charge is 0.313 e. The number of anilines is 1. The summed E-state index contributed by atoms with van der Waals surface area (Å²) in [6.07, 6.45) is 7.03. The van der Waals surface area contributed by atoms with Gasteiger partial charge in [-0.1, -0.05) is 6.07 Å². The number of carbonyl (C=O) groups is 2. The number of hydrogen-bond donors (Lipinski definition) is 2. The van der Waals surface area contributed by atoms with E-state index in [1.807, 2.05) is 30.3 Å². The Morgan fingerprint density at radius 2 is 1.59 bits per heavy atom. The van der Waals surface area contributed by atoms with Crippen LogP contribution >= 0.6 is 11.3 Å². The van der Waals surface area contributed by atoms with Gasteiger partial charge < -0.3 is 10.6 Å². The van der Waals surface area contributed by atoms with Crippen LogP contribution in [0.1, 0.15) is 44.1 Å². The monoisotopic (exact) mass is 445 g/mol. The van der Waals surface area contributed by atoms with E-state index in [9.17, 15) is 9.59 Å². The van der Waals surface area contributed by atoms with Gasteiger partial charge in [-0.2, -0.15) is 0 Å². The van der Waals surface area contributed by atoms with Crippen LogP contribution in [0.4, 0.5) is 5.69 Å². The largest absolute Gasteiger partial charge is 0.342 e. The van der Waals surface area contributed by atoms with E-state index in [4.69, 9.17) is 4.98 Å². The lowest BCUT2D eigenvalue weighted by molar-refractivity contribution is -0.139. The number of aromatic nitrogens is 1. The molecule has 0 spiro atoms. The second-order valence-corrected chi connectivity index (χ2v) is 11.2. The van der Waals surface area contributed by atoms with Crippen molar-refractivity contribution in [2.45, 2.75) is 51.0 Å². The number of nitrogens with one attached hydrogen (secondary N) is 2. The van der Waals surface area contributed by atoms with Crippen LogP contribution in [0.5, 0.6) is 0 Å². The minimum atomic E-state index is -0.580. The van der Waals surface area contributed by atoms with Gasteiger partial charge >= 0.3 is 11.8 Å². The van der Waals surface area contributed by atoms with E-state index in [1.165, 1.54) is 29.5 Å². The molecule has 164 valence electrons. The first-order valence-electron chi connectivity index (χ1n) is 11.6. The van der Waals surface area contributed by atoms with E-state index >= 15 is 0 Å². The van der Waals surface area contributed by atoms with Crippen LogP contribution in [0, 0.1) is 24.7 Å². The van der Waals surface area contributed by atoms with Gasteiger partial charge in [0.25, 0.3) is 0 Å². The van der Waals surface area contributed by atoms with E-state index in [0.29, 0.717) is 5.69 Å². The fourth-order valence-electron chi connectivity index (χ4n) is 6.60. The fraction of sp³-hybridized carbons (Fsp3) is 0.423. The molecule has 0 radical (unpaired) electrons. The average molecular weight is 446 g/mol. The summed E-state index contributed by atoms with van der Waals surface area (Å²) in [5, 5.41) is 6.86. The molecule has 4 fully saturated rings. The van der Waals surface area contributed by atoms with Crippen molar-refractivity contribution in [2.75, 3.05) is 5.32 Å². The summed E-state index contributed by atoms with van der Waals surface area (Å²) < 4.78 is 1.17. The lowest BCUT2D eigenvalue weighted by atomic mass is 9.53. The minimum Gasteiger partial charge on any atom is -0.342 e. The van der Waals surface area contributed by atoms with Gasteiger partial charge in [0.1, 0.15) is 5.01 Å². The molecular formula is C26H27N3O2S. The van der Waals surface area contributed by atoms with Crippen LogP contribution in [0.2, 0.25) is 0 Å². The first-order valence-corrected chi connectivity index (χ1v) is 12.4. The predicted octanol–water partition coefficient (Wildman–Crippen LogP) is 5.30. The molecule has 0 unspecified atom stereocenters. The molecule has 2 N–H and O–H groups in total. The van der Waals surface area contributed by atoms with E-state index in [1.54, 1.807) is 11.3 Å². The highest BCUT2D eigenvalue weighted by molar-refractivity contribution is 7.21. The molecule has 1 heterocycles. The third kappa shape index (κ3) is 3.60. The second-order valence-electron chi connectivity index (χ2n) is 10.2. The summed E-state index contributed by atoms with van der Waals surface area (Å²) in [6, 6.07) is 13.8. The number of fused-ring (bicyclic) bond motifs is 1. The van der Waals surface area contributed by atoms with Gasteiger partial charge in [0, 0.05) is 16.8 Å². The third-order valence-electron chi connectivity index (χ3n) is 7.56. The molecule has 32 heavy (non-hydrogen) atoms. The minimum absolute atomic E-state index is 0.155. The maximum Gasteiger partial charge on any atom is 0.313 e. The molecule has 3 aromatic rings. The average Bonchev–Trinajstić information content (AvgIpc) is 3.16. The molecular weight excluding hydrogens is 418 g/mol. The summed E-state index contributed by atoms with van der Waals surface area (Å²) in [7, 11) is 0. The van der Waals surface area contributed by atoms with Crippen molar-refractivity contribution in [3.05, 3.63) is 48.0 Å².